The lowest BCUT2D eigenvalue weighted by Gasteiger charge is -2.20. The van der Waals surface area contributed by atoms with E-state index in [1.54, 1.807) is 18.2 Å². The number of H-pyrrole nitrogens is 1. The van der Waals surface area contributed by atoms with Gasteiger partial charge >= 0.3 is 5.97 Å². The first-order valence-electron chi connectivity index (χ1n) is 9.12. The first kappa shape index (κ1) is 17.4. The number of para-hydroxylation sites is 1. The summed E-state index contributed by atoms with van der Waals surface area (Å²) in [5.74, 6) is 1.13. The van der Waals surface area contributed by atoms with Crippen LogP contribution in [-0.2, 0) is 6.42 Å². The Balaban J connectivity index is 1.66. The van der Waals surface area contributed by atoms with Gasteiger partial charge < -0.3 is 24.1 Å². The van der Waals surface area contributed by atoms with Gasteiger partial charge in [-0.3, -0.25) is 0 Å². The molecular weight excluding hydrogens is 344 g/mol. The number of aromatic nitrogens is 1. The van der Waals surface area contributed by atoms with E-state index < -0.39 is 5.97 Å². The van der Waals surface area contributed by atoms with E-state index >= 15 is 0 Å². The highest BCUT2D eigenvalue weighted by atomic mass is 16.6. The summed E-state index contributed by atoms with van der Waals surface area (Å²) in [6, 6.07) is 10.9. The van der Waals surface area contributed by atoms with Gasteiger partial charge in [0.2, 0.25) is 0 Å². The second-order valence-electron chi connectivity index (χ2n) is 6.92. The summed E-state index contributed by atoms with van der Waals surface area (Å²) in [6.07, 6.45) is 2.89. The second-order valence-corrected chi connectivity index (χ2v) is 6.92. The van der Waals surface area contributed by atoms with Crippen LogP contribution in [0, 0.1) is 0 Å². The van der Waals surface area contributed by atoms with Gasteiger partial charge in [-0.1, -0.05) is 12.1 Å². The molecule has 0 atom stereocenters. The van der Waals surface area contributed by atoms with E-state index in [1.165, 1.54) is 4.90 Å². The Labute approximate surface area is 157 Å². The van der Waals surface area contributed by atoms with E-state index in [-0.39, 0.29) is 0 Å². The third-order valence-electron chi connectivity index (χ3n) is 4.63. The Bertz CT molecular complexity index is 977. The predicted molar refractivity (Wildman–Crippen MR) is 102 cm³/mol. The van der Waals surface area contributed by atoms with Gasteiger partial charge in [0.1, 0.15) is 24.5 Å². The van der Waals surface area contributed by atoms with E-state index in [4.69, 9.17) is 14.2 Å². The quantitative estimate of drug-likeness (QED) is 0.534. The van der Waals surface area contributed by atoms with Gasteiger partial charge in [-0.15, -0.1) is 0 Å². The SMILES string of the molecule is C[NH+](C)CCc1c[nH]c2cccc(OC(=O)c3cccc4c3OCCO4)c12. The first-order chi connectivity index (χ1) is 13.1. The van der Waals surface area contributed by atoms with E-state index in [0.717, 1.165) is 29.4 Å². The fraction of sp³-hybridized carbons (Fsp3) is 0.286. The molecule has 0 amide bonds. The van der Waals surface area contributed by atoms with Crippen molar-refractivity contribution in [1.82, 2.24) is 4.98 Å². The minimum absolute atomic E-state index is 0.374. The second kappa shape index (κ2) is 7.32. The van der Waals surface area contributed by atoms with Crippen molar-refractivity contribution in [2.45, 2.75) is 6.42 Å². The molecule has 0 saturated carbocycles. The molecule has 0 unspecified atom stereocenters. The highest BCUT2D eigenvalue weighted by Gasteiger charge is 2.23. The molecule has 6 nitrogen and oxygen atoms in total. The van der Waals surface area contributed by atoms with Crippen molar-refractivity contribution in [1.29, 1.82) is 0 Å². The number of rotatable bonds is 5. The zero-order valence-electron chi connectivity index (χ0n) is 15.5. The molecule has 0 radical (unpaired) electrons. The molecule has 2 aromatic carbocycles. The third kappa shape index (κ3) is 3.48. The average molecular weight is 367 g/mol. The van der Waals surface area contributed by atoms with Crippen molar-refractivity contribution >= 4 is 16.9 Å². The van der Waals surface area contributed by atoms with Crippen LogP contribution in [0.1, 0.15) is 15.9 Å². The molecule has 1 aliphatic heterocycles. The number of carbonyl (C=O) groups is 1. The van der Waals surface area contributed by atoms with Gasteiger partial charge in [0.15, 0.2) is 11.5 Å². The molecule has 0 aliphatic carbocycles. The van der Waals surface area contributed by atoms with Gasteiger partial charge in [0.05, 0.1) is 20.6 Å². The van der Waals surface area contributed by atoms with Crippen LogP contribution in [0.5, 0.6) is 17.2 Å². The molecule has 0 fully saturated rings. The van der Waals surface area contributed by atoms with E-state index in [2.05, 4.69) is 19.1 Å². The number of hydrogen-bond acceptors (Lipinski definition) is 4. The molecule has 140 valence electrons. The van der Waals surface area contributed by atoms with Crippen LogP contribution >= 0.6 is 0 Å². The van der Waals surface area contributed by atoms with Crippen LogP contribution in [0.4, 0.5) is 0 Å². The van der Waals surface area contributed by atoms with Gasteiger partial charge in [-0.05, 0) is 29.8 Å². The molecule has 0 bridgehead atoms. The zero-order chi connectivity index (χ0) is 18.8. The van der Waals surface area contributed by atoms with Crippen LogP contribution < -0.4 is 19.1 Å². The highest BCUT2D eigenvalue weighted by Crippen LogP contribution is 2.35. The monoisotopic (exact) mass is 367 g/mol. The summed E-state index contributed by atoms with van der Waals surface area (Å²) in [5, 5.41) is 0.953. The molecule has 2 heterocycles. The van der Waals surface area contributed by atoms with Crippen molar-refractivity contribution in [2.24, 2.45) is 0 Å². The minimum atomic E-state index is -0.449. The standard InChI is InChI=1S/C21H22N2O4/c1-23(2)10-9-14-13-22-16-6-4-7-17(19(14)16)27-21(24)15-5-3-8-18-20(15)26-12-11-25-18/h3-8,13,22H,9-12H2,1-2H3/p+1. The van der Waals surface area contributed by atoms with Crippen LogP contribution in [-0.4, -0.2) is 44.8 Å². The number of benzene rings is 2. The first-order valence-corrected chi connectivity index (χ1v) is 9.12. The largest absolute Gasteiger partial charge is 0.486 e. The number of esters is 1. The van der Waals surface area contributed by atoms with E-state index in [0.29, 0.717) is 36.0 Å². The molecule has 6 heteroatoms. The number of aromatic amines is 1. The molecule has 2 N–H and O–H groups in total. The maximum absolute atomic E-state index is 12.9. The average Bonchev–Trinajstić information content (AvgIpc) is 3.10. The van der Waals surface area contributed by atoms with Crippen LogP contribution in [0.15, 0.2) is 42.6 Å². The van der Waals surface area contributed by atoms with E-state index in [9.17, 15) is 4.79 Å². The fourth-order valence-corrected chi connectivity index (χ4v) is 3.28. The van der Waals surface area contributed by atoms with Gasteiger partial charge in [0, 0.05) is 23.5 Å². The summed E-state index contributed by atoms with van der Waals surface area (Å²) < 4.78 is 17.0. The summed E-state index contributed by atoms with van der Waals surface area (Å²) in [5.41, 5.74) is 2.47. The summed E-state index contributed by atoms with van der Waals surface area (Å²) in [6.45, 7) is 1.89. The fourth-order valence-electron chi connectivity index (χ4n) is 3.28. The van der Waals surface area contributed by atoms with Crippen molar-refractivity contribution in [3.63, 3.8) is 0 Å². The van der Waals surface area contributed by atoms with Crippen molar-refractivity contribution < 1.29 is 23.9 Å². The van der Waals surface area contributed by atoms with Gasteiger partial charge in [0.25, 0.3) is 0 Å². The molecule has 3 aromatic rings. The van der Waals surface area contributed by atoms with Crippen LogP contribution in [0.2, 0.25) is 0 Å². The number of hydrogen-bond donors (Lipinski definition) is 2. The Morgan fingerprint density at radius 2 is 1.96 bits per heavy atom. The van der Waals surface area contributed by atoms with Gasteiger partial charge in [-0.25, -0.2) is 4.79 Å². The topological polar surface area (TPSA) is 65.0 Å². The molecule has 1 aromatic heterocycles. The lowest BCUT2D eigenvalue weighted by atomic mass is 10.1. The molecule has 1 aliphatic rings. The molecule has 4 rings (SSSR count). The minimum Gasteiger partial charge on any atom is -0.486 e. The summed E-state index contributed by atoms with van der Waals surface area (Å²) >= 11 is 0. The zero-order valence-corrected chi connectivity index (χ0v) is 15.5. The molecule has 0 saturated heterocycles. The van der Waals surface area contributed by atoms with Crippen LogP contribution in [0.25, 0.3) is 10.9 Å². The smallest absolute Gasteiger partial charge is 0.347 e. The Morgan fingerprint density at radius 1 is 1.15 bits per heavy atom. The highest BCUT2D eigenvalue weighted by molar-refractivity contribution is 5.98. The number of quaternary nitrogens is 1. The number of likely N-dealkylation sites (N-methyl/N-ethyl adjacent to an activating group) is 1. The Kier molecular flexibility index (Phi) is 4.73. The maximum Gasteiger partial charge on any atom is 0.347 e. The third-order valence-corrected chi connectivity index (χ3v) is 4.63. The van der Waals surface area contributed by atoms with Gasteiger partial charge in [-0.2, -0.15) is 0 Å². The Morgan fingerprint density at radius 3 is 2.81 bits per heavy atom. The molecule has 27 heavy (non-hydrogen) atoms. The summed E-state index contributed by atoms with van der Waals surface area (Å²) in [7, 11) is 4.24. The lowest BCUT2D eigenvalue weighted by molar-refractivity contribution is -0.858. The number of carbonyl (C=O) groups excluding carboxylic acids is 1. The van der Waals surface area contributed by atoms with Crippen LogP contribution in [0.3, 0.4) is 0 Å². The maximum atomic E-state index is 12.9. The van der Waals surface area contributed by atoms with E-state index in [1.807, 2.05) is 24.4 Å². The Hall–Kier alpha value is -2.99. The van der Waals surface area contributed by atoms with Crippen molar-refractivity contribution in [2.75, 3.05) is 33.9 Å². The summed E-state index contributed by atoms with van der Waals surface area (Å²) in [4.78, 5) is 17.5. The predicted octanol–water partition coefficient (Wildman–Crippen LogP) is 1.85. The lowest BCUT2D eigenvalue weighted by Crippen LogP contribution is -3.05. The number of nitrogens with one attached hydrogen (secondary N) is 2. The number of fused-ring (bicyclic) bond motifs is 2. The van der Waals surface area contributed by atoms with Crippen molar-refractivity contribution in [3.05, 3.63) is 53.7 Å². The number of ether oxygens (including phenoxy) is 3. The molecule has 0 spiro atoms. The van der Waals surface area contributed by atoms with Crippen molar-refractivity contribution in [3.8, 4) is 17.2 Å². The normalized spacial score (nSPS) is 13.1. The molecular formula is C21H23N2O4+.